The van der Waals surface area contributed by atoms with Gasteiger partial charge in [-0.1, -0.05) is 25.7 Å². The standard InChI is InChI=1S/C15H18N2O3/c18-14(16-11-5-3-1-2-4-6-11)10-7-8-12-13(9-10)20-15(19)17-12/h7-9,11H,1-6H2,(H,16,18)(H,17,19). The second-order valence-corrected chi connectivity index (χ2v) is 5.39. The van der Waals surface area contributed by atoms with E-state index >= 15 is 0 Å². The summed E-state index contributed by atoms with van der Waals surface area (Å²) in [6.45, 7) is 0. The highest BCUT2D eigenvalue weighted by molar-refractivity contribution is 5.97. The maximum atomic E-state index is 12.2. The second kappa shape index (κ2) is 5.53. The van der Waals surface area contributed by atoms with Gasteiger partial charge in [-0.05, 0) is 31.0 Å². The van der Waals surface area contributed by atoms with Crippen molar-refractivity contribution in [3.8, 4) is 0 Å². The number of rotatable bonds is 2. The number of carbonyl (C=O) groups is 1. The Labute approximate surface area is 116 Å². The van der Waals surface area contributed by atoms with Crippen LogP contribution in [0.3, 0.4) is 0 Å². The average molecular weight is 274 g/mol. The number of carbonyl (C=O) groups excluding carboxylic acids is 1. The SMILES string of the molecule is O=C(NC1CCCCCC1)c1ccc2[nH]c(=O)oc2c1. The minimum absolute atomic E-state index is 0.0948. The van der Waals surface area contributed by atoms with E-state index in [1.165, 1.54) is 25.7 Å². The highest BCUT2D eigenvalue weighted by atomic mass is 16.4. The van der Waals surface area contributed by atoms with Crippen molar-refractivity contribution in [1.82, 2.24) is 10.3 Å². The number of oxazole rings is 1. The maximum absolute atomic E-state index is 12.2. The first-order valence-electron chi connectivity index (χ1n) is 7.16. The van der Waals surface area contributed by atoms with Crippen LogP contribution in [0.15, 0.2) is 27.4 Å². The molecule has 0 spiro atoms. The van der Waals surface area contributed by atoms with E-state index in [0.29, 0.717) is 16.7 Å². The molecular weight excluding hydrogens is 256 g/mol. The van der Waals surface area contributed by atoms with Gasteiger partial charge in [0.2, 0.25) is 0 Å². The first-order valence-corrected chi connectivity index (χ1v) is 7.16. The van der Waals surface area contributed by atoms with Crippen LogP contribution in [0.4, 0.5) is 0 Å². The third kappa shape index (κ3) is 2.76. The molecule has 2 aromatic rings. The van der Waals surface area contributed by atoms with E-state index < -0.39 is 5.76 Å². The van der Waals surface area contributed by atoms with Gasteiger partial charge in [0.1, 0.15) is 0 Å². The lowest BCUT2D eigenvalue weighted by atomic mass is 10.1. The minimum atomic E-state index is -0.499. The van der Waals surface area contributed by atoms with Crippen LogP contribution in [-0.4, -0.2) is 16.9 Å². The monoisotopic (exact) mass is 274 g/mol. The lowest BCUT2D eigenvalue weighted by molar-refractivity contribution is 0.0933. The van der Waals surface area contributed by atoms with Crippen LogP contribution in [0.5, 0.6) is 0 Å². The van der Waals surface area contributed by atoms with Crippen molar-refractivity contribution in [2.75, 3.05) is 0 Å². The number of aromatic nitrogens is 1. The average Bonchev–Trinajstić information content (AvgIpc) is 2.62. The van der Waals surface area contributed by atoms with Crippen LogP contribution < -0.4 is 11.1 Å². The molecule has 5 heteroatoms. The van der Waals surface area contributed by atoms with E-state index in [9.17, 15) is 9.59 Å². The zero-order valence-corrected chi connectivity index (χ0v) is 11.3. The van der Waals surface area contributed by atoms with Crippen molar-refractivity contribution in [2.24, 2.45) is 0 Å². The molecule has 1 aliphatic rings. The lowest BCUT2D eigenvalue weighted by Gasteiger charge is -2.16. The van der Waals surface area contributed by atoms with Crippen molar-refractivity contribution in [2.45, 2.75) is 44.6 Å². The molecule has 20 heavy (non-hydrogen) atoms. The summed E-state index contributed by atoms with van der Waals surface area (Å²) >= 11 is 0. The summed E-state index contributed by atoms with van der Waals surface area (Å²) in [4.78, 5) is 25.9. The molecule has 0 radical (unpaired) electrons. The number of aromatic amines is 1. The Morgan fingerprint density at radius 3 is 2.70 bits per heavy atom. The van der Waals surface area contributed by atoms with Crippen LogP contribution in [0, 0.1) is 0 Å². The summed E-state index contributed by atoms with van der Waals surface area (Å²) in [5, 5.41) is 3.08. The highest BCUT2D eigenvalue weighted by Crippen LogP contribution is 2.18. The summed E-state index contributed by atoms with van der Waals surface area (Å²) in [5.41, 5.74) is 1.56. The topological polar surface area (TPSA) is 75.1 Å². The molecule has 1 aromatic heterocycles. The smallest absolute Gasteiger partial charge is 0.408 e. The Kier molecular flexibility index (Phi) is 3.58. The molecular formula is C15H18N2O3. The quantitative estimate of drug-likeness (QED) is 0.826. The molecule has 3 rings (SSSR count). The zero-order valence-electron chi connectivity index (χ0n) is 11.3. The molecule has 1 aromatic carbocycles. The van der Waals surface area contributed by atoms with Gasteiger partial charge >= 0.3 is 5.76 Å². The number of H-pyrrole nitrogens is 1. The second-order valence-electron chi connectivity index (χ2n) is 5.39. The summed E-state index contributed by atoms with van der Waals surface area (Å²) in [6.07, 6.45) is 6.97. The van der Waals surface area contributed by atoms with Crippen LogP contribution in [0.2, 0.25) is 0 Å². The van der Waals surface area contributed by atoms with Gasteiger partial charge in [-0.3, -0.25) is 9.78 Å². The molecule has 1 saturated carbocycles. The Morgan fingerprint density at radius 1 is 1.20 bits per heavy atom. The van der Waals surface area contributed by atoms with Gasteiger partial charge in [0, 0.05) is 11.6 Å². The maximum Gasteiger partial charge on any atom is 0.417 e. The zero-order chi connectivity index (χ0) is 13.9. The van der Waals surface area contributed by atoms with Crippen LogP contribution >= 0.6 is 0 Å². The Hall–Kier alpha value is -2.04. The van der Waals surface area contributed by atoms with Crippen molar-refractivity contribution >= 4 is 17.0 Å². The van der Waals surface area contributed by atoms with Gasteiger partial charge < -0.3 is 9.73 Å². The highest BCUT2D eigenvalue weighted by Gasteiger charge is 2.16. The molecule has 1 amide bonds. The molecule has 1 fully saturated rings. The summed E-state index contributed by atoms with van der Waals surface area (Å²) in [5.74, 6) is -0.594. The Balaban J connectivity index is 1.75. The third-order valence-electron chi connectivity index (χ3n) is 3.87. The number of hydrogen-bond acceptors (Lipinski definition) is 3. The van der Waals surface area contributed by atoms with Crippen molar-refractivity contribution in [1.29, 1.82) is 0 Å². The van der Waals surface area contributed by atoms with E-state index in [4.69, 9.17) is 4.42 Å². The fraction of sp³-hybridized carbons (Fsp3) is 0.467. The Bertz CT molecular complexity index is 663. The number of amides is 1. The van der Waals surface area contributed by atoms with Crippen molar-refractivity contribution < 1.29 is 9.21 Å². The molecule has 5 nitrogen and oxygen atoms in total. The fourth-order valence-electron chi connectivity index (χ4n) is 2.78. The van der Waals surface area contributed by atoms with Crippen molar-refractivity contribution in [3.63, 3.8) is 0 Å². The van der Waals surface area contributed by atoms with Gasteiger partial charge in [0.05, 0.1) is 5.52 Å². The number of benzene rings is 1. The molecule has 0 unspecified atom stereocenters. The number of hydrogen-bond donors (Lipinski definition) is 2. The van der Waals surface area contributed by atoms with E-state index in [2.05, 4.69) is 10.3 Å². The van der Waals surface area contributed by atoms with Crippen LogP contribution in [0.25, 0.3) is 11.1 Å². The van der Waals surface area contributed by atoms with E-state index in [0.717, 1.165) is 12.8 Å². The van der Waals surface area contributed by atoms with Crippen molar-refractivity contribution in [3.05, 3.63) is 34.3 Å². The molecule has 2 N–H and O–H groups in total. The molecule has 106 valence electrons. The largest absolute Gasteiger partial charge is 0.417 e. The van der Waals surface area contributed by atoms with Gasteiger partial charge in [0.25, 0.3) is 5.91 Å². The predicted octanol–water partition coefficient (Wildman–Crippen LogP) is 2.57. The molecule has 0 bridgehead atoms. The van der Waals surface area contributed by atoms with E-state index in [1.54, 1.807) is 18.2 Å². The number of fused-ring (bicyclic) bond motifs is 1. The normalized spacial score (nSPS) is 17.0. The van der Waals surface area contributed by atoms with Crippen LogP contribution in [0.1, 0.15) is 48.9 Å². The number of nitrogens with one attached hydrogen (secondary N) is 2. The Morgan fingerprint density at radius 2 is 1.95 bits per heavy atom. The predicted molar refractivity (Wildman–Crippen MR) is 75.8 cm³/mol. The first-order chi connectivity index (χ1) is 9.72. The van der Waals surface area contributed by atoms with Gasteiger partial charge in [0.15, 0.2) is 5.58 Å². The van der Waals surface area contributed by atoms with Gasteiger partial charge in [-0.15, -0.1) is 0 Å². The summed E-state index contributed by atoms with van der Waals surface area (Å²) < 4.78 is 4.98. The molecule has 1 heterocycles. The molecule has 0 aliphatic heterocycles. The van der Waals surface area contributed by atoms with Crippen LogP contribution in [-0.2, 0) is 0 Å². The molecule has 1 aliphatic carbocycles. The lowest BCUT2D eigenvalue weighted by Crippen LogP contribution is -2.34. The molecule has 0 atom stereocenters. The first kappa shape index (κ1) is 13.0. The van der Waals surface area contributed by atoms with Gasteiger partial charge in [-0.25, -0.2) is 4.79 Å². The van der Waals surface area contributed by atoms with Gasteiger partial charge in [-0.2, -0.15) is 0 Å². The summed E-state index contributed by atoms with van der Waals surface area (Å²) in [6, 6.07) is 5.28. The van der Waals surface area contributed by atoms with E-state index in [-0.39, 0.29) is 11.9 Å². The summed E-state index contributed by atoms with van der Waals surface area (Å²) in [7, 11) is 0. The molecule has 0 saturated heterocycles. The fourth-order valence-corrected chi connectivity index (χ4v) is 2.78. The minimum Gasteiger partial charge on any atom is -0.408 e. The third-order valence-corrected chi connectivity index (χ3v) is 3.87. The van der Waals surface area contributed by atoms with E-state index in [1.807, 2.05) is 0 Å².